The Bertz CT molecular complexity index is 960. The third-order valence-corrected chi connectivity index (χ3v) is 5.66. The molecule has 2 aromatic heterocycles. The van der Waals surface area contributed by atoms with Gasteiger partial charge in [-0.15, -0.1) is 11.3 Å². The van der Waals surface area contributed by atoms with E-state index < -0.39 is 0 Å². The van der Waals surface area contributed by atoms with Crippen molar-refractivity contribution < 1.29 is 9.18 Å². The van der Waals surface area contributed by atoms with Gasteiger partial charge < -0.3 is 10.2 Å². The van der Waals surface area contributed by atoms with Crippen molar-refractivity contribution in [2.45, 2.75) is 19.8 Å². The fraction of sp³-hybridized carbons (Fsp3) is 0.300. The number of carbonyl (C=O) groups is 1. The summed E-state index contributed by atoms with van der Waals surface area (Å²) < 4.78 is 13.2. The van der Waals surface area contributed by atoms with Crippen LogP contribution in [0.1, 0.15) is 17.7 Å². The Hall–Kier alpha value is -2.87. The van der Waals surface area contributed by atoms with Crippen LogP contribution in [-0.4, -0.2) is 33.9 Å². The minimum Gasteiger partial charge on any atom is -0.340 e. The second kappa shape index (κ2) is 8.02. The van der Waals surface area contributed by atoms with Gasteiger partial charge in [0.05, 0.1) is 11.6 Å². The lowest BCUT2D eigenvalue weighted by Gasteiger charge is -2.31. The second-order valence-electron chi connectivity index (χ2n) is 6.75. The topological polar surface area (TPSA) is 71.0 Å². The number of amides is 1. The summed E-state index contributed by atoms with van der Waals surface area (Å²) in [6.07, 6.45) is 5.15. The third kappa shape index (κ3) is 4.01. The van der Waals surface area contributed by atoms with Crippen molar-refractivity contribution in [3.8, 4) is 11.3 Å². The summed E-state index contributed by atoms with van der Waals surface area (Å²) in [4.78, 5) is 28.9. The van der Waals surface area contributed by atoms with E-state index in [4.69, 9.17) is 0 Å². The van der Waals surface area contributed by atoms with Crippen molar-refractivity contribution in [2.75, 3.05) is 23.3 Å². The SMILES string of the molecule is Cc1sc(NC(=O)C2CCCN(c3ncccn3)C2)nc1-c1ccc(F)cc1. The van der Waals surface area contributed by atoms with Crippen molar-refractivity contribution >= 4 is 28.3 Å². The molecule has 0 saturated carbocycles. The molecule has 0 spiro atoms. The summed E-state index contributed by atoms with van der Waals surface area (Å²) in [6, 6.07) is 7.99. The van der Waals surface area contributed by atoms with E-state index >= 15 is 0 Å². The van der Waals surface area contributed by atoms with Crippen LogP contribution in [0.3, 0.4) is 0 Å². The number of nitrogens with zero attached hydrogens (tertiary/aromatic N) is 4. The normalized spacial score (nSPS) is 16.8. The van der Waals surface area contributed by atoms with Crippen LogP contribution >= 0.6 is 11.3 Å². The quantitative estimate of drug-likeness (QED) is 0.723. The Balaban J connectivity index is 1.45. The lowest BCUT2D eigenvalue weighted by molar-refractivity contribution is -0.120. The number of aromatic nitrogens is 3. The lowest BCUT2D eigenvalue weighted by atomic mass is 9.97. The van der Waals surface area contributed by atoms with E-state index in [-0.39, 0.29) is 17.6 Å². The summed E-state index contributed by atoms with van der Waals surface area (Å²) in [5.41, 5.74) is 1.60. The monoisotopic (exact) mass is 397 g/mol. The first kappa shape index (κ1) is 18.5. The molecule has 1 aromatic carbocycles. The molecule has 1 aliphatic heterocycles. The molecule has 3 aromatic rings. The van der Waals surface area contributed by atoms with Crippen LogP contribution in [0.25, 0.3) is 11.3 Å². The fourth-order valence-corrected chi connectivity index (χ4v) is 4.20. The highest BCUT2D eigenvalue weighted by Gasteiger charge is 2.27. The van der Waals surface area contributed by atoms with E-state index in [0.717, 1.165) is 35.5 Å². The van der Waals surface area contributed by atoms with E-state index in [2.05, 4.69) is 20.3 Å². The first-order chi connectivity index (χ1) is 13.6. The van der Waals surface area contributed by atoms with Crippen LogP contribution < -0.4 is 10.2 Å². The number of hydrogen-bond donors (Lipinski definition) is 1. The average molecular weight is 397 g/mol. The molecule has 0 bridgehead atoms. The number of hydrogen-bond acceptors (Lipinski definition) is 6. The molecule has 1 N–H and O–H groups in total. The smallest absolute Gasteiger partial charge is 0.231 e. The average Bonchev–Trinajstić information content (AvgIpc) is 3.09. The molecule has 1 aliphatic rings. The molecule has 28 heavy (non-hydrogen) atoms. The fourth-order valence-electron chi connectivity index (χ4n) is 3.36. The molecule has 3 heterocycles. The van der Waals surface area contributed by atoms with E-state index in [0.29, 0.717) is 17.6 Å². The Morgan fingerprint density at radius 2 is 2.00 bits per heavy atom. The number of anilines is 2. The Labute approximate surface area is 166 Å². The number of carbonyl (C=O) groups excluding carboxylic acids is 1. The molecule has 4 rings (SSSR count). The zero-order chi connectivity index (χ0) is 19.5. The first-order valence-corrected chi connectivity index (χ1v) is 9.98. The molecule has 1 amide bonds. The van der Waals surface area contributed by atoms with Gasteiger partial charge >= 0.3 is 0 Å². The van der Waals surface area contributed by atoms with Crippen LogP contribution in [0.4, 0.5) is 15.5 Å². The van der Waals surface area contributed by atoms with Gasteiger partial charge in [-0.1, -0.05) is 0 Å². The summed E-state index contributed by atoms with van der Waals surface area (Å²) in [7, 11) is 0. The van der Waals surface area contributed by atoms with Crippen molar-refractivity contribution in [3.05, 3.63) is 53.4 Å². The Morgan fingerprint density at radius 1 is 1.25 bits per heavy atom. The van der Waals surface area contributed by atoms with Crippen LogP contribution in [0, 0.1) is 18.7 Å². The van der Waals surface area contributed by atoms with Gasteiger partial charge in [0.2, 0.25) is 11.9 Å². The Kier molecular flexibility index (Phi) is 5.29. The number of benzene rings is 1. The highest BCUT2D eigenvalue weighted by molar-refractivity contribution is 7.16. The van der Waals surface area contributed by atoms with Crippen molar-refractivity contribution in [3.63, 3.8) is 0 Å². The molecule has 6 nitrogen and oxygen atoms in total. The minimum atomic E-state index is -0.283. The van der Waals surface area contributed by atoms with E-state index in [9.17, 15) is 9.18 Å². The molecule has 1 atom stereocenters. The minimum absolute atomic E-state index is 0.0416. The van der Waals surface area contributed by atoms with Crippen LogP contribution in [0.15, 0.2) is 42.7 Å². The van der Waals surface area contributed by atoms with Gasteiger partial charge in [0.1, 0.15) is 5.82 Å². The lowest BCUT2D eigenvalue weighted by Crippen LogP contribution is -2.41. The van der Waals surface area contributed by atoms with Gasteiger partial charge in [0.25, 0.3) is 0 Å². The summed E-state index contributed by atoms with van der Waals surface area (Å²) in [5, 5.41) is 3.52. The zero-order valence-electron chi connectivity index (χ0n) is 15.4. The third-order valence-electron chi connectivity index (χ3n) is 4.77. The first-order valence-electron chi connectivity index (χ1n) is 9.16. The maximum Gasteiger partial charge on any atom is 0.231 e. The molecule has 1 unspecified atom stereocenters. The molecule has 144 valence electrons. The number of halogens is 1. The predicted molar refractivity (Wildman–Crippen MR) is 108 cm³/mol. The van der Waals surface area contributed by atoms with Gasteiger partial charge in [0, 0.05) is 35.9 Å². The molecular formula is C20H20FN5OS. The van der Waals surface area contributed by atoms with Crippen molar-refractivity contribution in [2.24, 2.45) is 5.92 Å². The highest BCUT2D eigenvalue weighted by Crippen LogP contribution is 2.31. The zero-order valence-corrected chi connectivity index (χ0v) is 16.2. The Morgan fingerprint density at radius 3 is 2.75 bits per heavy atom. The van der Waals surface area contributed by atoms with Crippen molar-refractivity contribution in [1.29, 1.82) is 0 Å². The molecule has 0 aliphatic carbocycles. The van der Waals surface area contributed by atoms with Crippen molar-refractivity contribution in [1.82, 2.24) is 15.0 Å². The van der Waals surface area contributed by atoms with E-state index in [1.165, 1.54) is 23.5 Å². The van der Waals surface area contributed by atoms with Gasteiger partial charge in [-0.2, -0.15) is 0 Å². The number of piperidine rings is 1. The maximum atomic E-state index is 13.2. The number of rotatable bonds is 4. The number of thiazole rings is 1. The molecule has 8 heteroatoms. The summed E-state index contributed by atoms with van der Waals surface area (Å²) in [6.45, 7) is 3.38. The molecule has 1 fully saturated rings. The number of nitrogens with one attached hydrogen (secondary N) is 1. The van der Waals surface area contributed by atoms with Crippen LogP contribution in [0.5, 0.6) is 0 Å². The predicted octanol–water partition coefficient (Wildman–Crippen LogP) is 3.90. The van der Waals surface area contributed by atoms with Gasteiger partial charge in [-0.05, 0) is 50.1 Å². The maximum absolute atomic E-state index is 13.2. The van der Waals surface area contributed by atoms with Gasteiger partial charge in [-0.25, -0.2) is 19.3 Å². The van der Waals surface area contributed by atoms with Crippen LogP contribution in [0.2, 0.25) is 0 Å². The molecule has 1 saturated heterocycles. The van der Waals surface area contributed by atoms with E-state index in [1.807, 2.05) is 11.8 Å². The van der Waals surface area contributed by atoms with Gasteiger partial charge in [-0.3, -0.25) is 4.79 Å². The standard InChI is InChI=1S/C20H20FN5OS/c1-13-17(14-5-7-16(21)8-6-14)24-20(28-13)25-18(27)15-4-2-11-26(12-15)19-22-9-3-10-23-19/h3,5-10,15H,2,4,11-12H2,1H3,(H,24,25,27). The molecule has 0 radical (unpaired) electrons. The van der Waals surface area contributed by atoms with E-state index in [1.54, 1.807) is 30.6 Å². The van der Waals surface area contributed by atoms with Crippen LogP contribution in [-0.2, 0) is 4.79 Å². The summed E-state index contributed by atoms with van der Waals surface area (Å²) >= 11 is 1.43. The number of aryl methyl sites for hydroxylation is 1. The largest absolute Gasteiger partial charge is 0.340 e. The highest BCUT2D eigenvalue weighted by atomic mass is 32.1. The summed E-state index contributed by atoms with van der Waals surface area (Å²) in [5.74, 6) is 0.189. The second-order valence-corrected chi connectivity index (χ2v) is 7.96. The molecular weight excluding hydrogens is 377 g/mol. The van der Waals surface area contributed by atoms with Gasteiger partial charge in [0.15, 0.2) is 5.13 Å².